The second-order valence-electron chi connectivity index (χ2n) is 3.89. The third-order valence-corrected chi connectivity index (χ3v) is 3.30. The average Bonchev–Trinajstić information content (AvgIpc) is 2.34. The van der Waals surface area contributed by atoms with Crippen LogP contribution in [0.2, 0.25) is 0 Å². The highest BCUT2D eigenvalue weighted by molar-refractivity contribution is 9.10. The fourth-order valence-electron chi connectivity index (χ4n) is 1.44. The van der Waals surface area contributed by atoms with Gasteiger partial charge in [-0.1, -0.05) is 22.0 Å². The zero-order chi connectivity index (χ0) is 13.1. The molecule has 0 saturated heterocycles. The summed E-state index contributed by atoms with van der Waals surface area (Å²) in [4.78, 5) is 15.9. The minimum absolute atomic E-state index is 0.280. The van der Waals surface area contributed by atoms with Crippen LogP contribution in [0.4, 0.5) is 11.4 Å². The summed E-state index contributed by atoms with van der Waals surface area (Å²) in [7, 11) is 0. The van der Waals surface area contributed by atoms with Crippen molar-refractivity contribution >= 4 is 33.2 Å². The van der Waals surface area contributed by atoms with Crippen LogP contribution in [0.3, 0.4) is 0 Å². The number of hydrogen-bond acceptors (Lipinski definition) is 3. The van der Waals surface area contributed by atoms with Gasteiger partial charge < -0.3 is 11.1 Å². The van der Waals surface area contributed by atoms with E-state index in [0.29, 0.717) is 17.1 Å². The molecule has 0 bridgehead atoms. The van der Waals surface area contributed by atoms with E-state index in [1.54, 1.807) is 12.1 Å². The van der Waals surface area contributed by atoms with Gasteiger partial charge in [-0.25, -0.2) is 0 Å². The number of hydrogen-bond donors (Lipinski definition) is 2. The van der Waals surface area contributed by atoms with Crippen molar-refractivity contribution in [2.75, 3.05) is 11.1 Å². The molecule has 1 aromatic heterocycles. The Morgan fingerprint density at radius 3 is 2.78 bits per heavy atom. The second-order valence-corrected chi connectivity index (χ2v) is 4.75. The average molecular weight is 306 g/mol. The highest BCUT2D eigenvalue weighted by Crippen LogP contribution is 2.21. The molecule has 18 heavy (non-hydrogen) atoms. The molecule has 4 nitrogen and oxygen atoms in total. The number of nitrogens with one attached hydrogen (secondary N) is 1. The van der Waals surface area contributed by atoms with E-state index in [2.05, 4.69) is 26.2 Å². The Morgan fingerprint density at radius 1 is 1.33 bits per heavy atom. The first-order valence-corrected chi connectivity index (χ1v) is 6.14. The van der Waals surface area contributed by atoms with Crippen molar-refractivity contribution in [2.24, 2.45) is 0 Å². The fraction of sp³-hybridized carbons (Fsp3) is 0.0769. The van der Waals surface area contributed by atoms with Gasteiger partial charge in [-0.2, -0.15) is 0 Å². The maximum Gasteiger partial charge on any atom is 0.274 e. The Hall–Kier alpha value is -1.88. The SMILES string of the molecule is Cc1ccc(NC(=O)c2cc(N)ccn2)cc1Br. The molecular weight excluding hydrogens is 294 g/mol. The molecule has 0 radical (unpaired) electrons. The molecule has 0 spiro atoms. The number of nitrogen functional groups attached to an aromatic ring is 1. The first-order chi connectivity index (χ1) is 8.56. The van der Waals surface area contributed by atoms with Gasteiger partial charge in [-0.05, 0) is 36.8 Å². The molecule has 0 atom stereocenters. The Balaban J connectivity index is 2.18. The van der Waals surface area contributed by atoms with E-state index in [-0.39, 0.29) is 5.91 Å². The molecule has 0 aliphatic heterocycles. The number of carbonyl (C=O) groups excluding carboxylic acids is 1. The molecule has 0 unspecified atom stereocenters. The molecule has 1 amide bonds. The number of pyridine rings is 1. The van der Waals surface area contributed by atoms with Crippen molar-refractivity contribution < 1.29 is 4.79 Å². The Labute approximate surface area is 113 Å². The van der Waals surface area contributed by atoms with E-state index in [9.17, 15) is 4.79 Å². The monoisotopic (exact) mass is 305 g/mol. The molecule has 0 fully saturated rings. The summed E-state index contributed by atoms with van der Waals surface area (Å²) in [5.74, 6) is -0.280. The van der Waals surface area contributed by atoms with Gasteiger partial charge in [0, 0.05) is 22.0 Å². The van der Waals surface area contributed by atoms with Crippen molar-refractivity contribution in [2.45, 2.75) is 6.92 Å². The smallest absolute Gasteiger partial charge is 0.274 e. The van der Waals surface area contributed by atoms with E-state index < -0.39 is 0 Å². The predicted molar refractivity (Wildman–Crippen MR) is 75.5 cm³/mol. The quantitative estimate of drug-likeness (QED) is 0.896. The molecule has 92 valence electrons. The minimum atomic E-state index is -0.280. The Morgan fingerprint density at radius 2 is 2.11 bits per heavy atom. The summed E-state index contributed by atoms with van der Waals surface area (Å²) in [5.41, 5.74) is 8.23. The molecule has 2 aromatic rings. The molecule has 1 aromatic carbocycles. The van der Waals surface area contributed by atoms with Gasteiger partial charge in [0.15, 0.2) is 0 Å². The lowest BCUT2D eigenvalue weighted by Crippen LogP contribution is -2.13. The van der Waals surface area contributed by atoms with Gasteiger partial charge in [0.2, 0.25) is 0 Å². The number of aromatic nitrogens is 1. The van der Waals surface area contributed by atoms with Crippen molar-refractivity contribution in [3.05, 3.63) is 52.3 Å². The molecule has 0 saturated carbocycles. The van der Waals surface area contributed by atoms with Crippen molar-refractivity contribution in [3.63, 3.8) is 0 Å². The van der Waals surface area contributed by atoms with E-state index >= 15 is 0 Å². The number of amides is 1. The summed E-state index contributed by atoms with van der Waals surface area (Å²) < 4.78 is 0.945. The highest BCUT2D eigenvalue weighted by Gasteiger charge is 2.08. The van der Waals surface area contributed by atoms with Gasteiger partial charge in [0.1, 0.15) is 5.69 Å². The second kappa shape index (κ2) is 5.18. The molecule has 2 rings (SSSR count). The van der Waals surface area contributed by atoms with Crippen molar-refractivity contribution in [3.8, 4) is 0 Å². The third-order valence-electron chi connectivity index (χ3n) is 2.45. The third kappa shape index (κ3) is 2.87. The zero-order valence-corrected chi connectivity index (χ0v) is 11.4. The van der Waals surface area contributed by atoms with Crippen LogP contribution >= 0.6 is 15.9 Å². The van der Waals surface area contributed by atoms with Crippen LogP contribution in [0.25, 0.3) is 0 Å². The van der Waals surface area contributed by atoms with Gasteiger partial charge in [0.25, 0.3) is 5.91 Å². The molecular formula is C13H12BrN3O. The standard InChI is InChI=1S/C13H12BrN3O/c1-8-2-3-10(7-11(8)14)17-13(18)12-6-9(15)4-5-16-12/h2-7H,1H3,(H2,15,16)(H,17,18). The number of benzene rings is 1. The summed E-state index contributed by atoms with van der Waals surface area (Å²) in [6, 6.07) is 8.79. The maximum atomic E-state index is 11.9. The lowest BCUT2D eigenvalue weighted by molar-refractivity contribution is 0.102. The number of anilines is 2. The first-order valence-electron chi connectivity index (χ1n) is 5.35. The Bertz CT molecular complexity index is 599. The maximum absolute atomic E-state index is 11.9. The van der Waals surface area contributed by atoms with Crippen LogP contribution in [-0.4, -0.2) is 10.9 Å². The zero-order valence-electron chi connectivity index (χ0n) is 9.77. The van der Waals surface area contributed by atoms with E-state index in [1.165, 1.54) is 6.20 Å². The summed E-state index contributed by atoms with van der Waals surface area (Å²) >= 11 is 3.42. The van der Waals surface area contributed by atoms with Gasteiger partial charge >= 0.3 is 0 Å². The number of carbonyl (C=O) groups is 1. The van der Waals surface area contributed by atoms with Crippen LogP contribution in [0.15, 0.2) is 41.0 Å². The number of nitrogens with two attached hydrogens (primary N) is 1. The lowest BCUT2D eigenvalue weighted by atomic mass is 10.2. The molecule has 0 aliphatic carbocycles. The van der Waals surface area contributed by atoms with Gasteiger partial charge in [-0.3, -0.25) is 9.78 Å². The summed E-state index contributed by atoms with van der Waals surface area (Å²) in [6.07, 6.45) is 1.51. The topological polar surface area (TPSA) is 68.0 Å². The van der Waals surface area contributed by atoms with Crippen LogP contribution in [0, 0.1) is 6.92 Å². The van der Waals surface area contributed by atoms with Gasteiger partial charge in [-0.15, -0.1) is 0 Å². The number of halogens is 1. The minimum Gasteiger partial charge on any atom is -0.399 e. The molecule has 5 heteroatoms. The predicted octanol–water partition coefficient (Wildman–Crippen LogP) is 2.99. The normalized spacial score (nSPS) is 10.1. The molecule has 1 heterocycles. The molecule has 3 N–H and O–H groups in total. The number of rotatable bonds is 2. The fourth-order valence-corrected chi connectivity index (χ4v) is 1.82. The van der Waals surface area contributed by atoms with E-state index in [1.807, 2.05) is 25.1 Å². The highest BCUT2D eigenvalue weighted by atomic mass is 79.9. The van der Waals surface area contributed by atoms with Crippen molar-refractivity contribution in [1.82, 2.24) is 4.98 Å². The van der Waals surface area contributed by atoms with Crippen molar-refractivity contribution in [1.29, 1.82) is 0 Å². The summed E-state index contributed by atoms with van der Waals surface area (Å²) in [6.45, 7) is 1.98. The van der Waals surface area contributed by atoms with E-state index in [0.717, 1.165) is 10.0 Å². The Kier molecular flexibility index (Phi) is 3.62. The van der Waals surface area contributed by atoms with Crippen LogP contribution in [-0.2, 0) is 0 Å². The van der Waals surface area contributed by atoms with Gasteiger partial charge in [0.05, 0.1) is 0 Å². The summed E-state index contributed by atoms with van der Waals surface area (Å²) in [5, 5.41) is 2.77. The largest absolute Gasteiger partial charge is 0.399 e. The van der Waals surface area contributed by atoms with Crippen LogP contribution in [0.1, 0.15) is 16.1 Å². The van der Waals surface area contributed by atoms with Crippen LogP contribution < -0.4 is 11.1 Å². The lowest BCUT2D eigenvalue weighted by Gasteiger charge is -2.06. The van der Waals surface area contributed by atoms with E-state index in [4.69, 9.17) is 5.73 Å². The molecule has 0 aliphatic rings. The number of nitrogens with zero attached hydrogens (tertiary/aromatic N) is 1. The first kappa shape index (κ1) is 12.6. The van der Waals surface area contributed by atoms with Crippen LogP contribution in [0.5, 0.6) is 0 Å². The number of aryl methyl sites for hydroxylation is 1.